The summed E-state index contributed by atoms with van der Waals surface area (Å²) in [6.07, 6.45) is 0.0229. The number of hydrogen-bond donors (Lipinski definition) is 1. The molecular formula is C14H14N3O4S-. The first-order valence-electron chi connectivity index (χ1n) is 6.44. The van der Waals surface area contributed by atoms with Crippen LogP contribution in [0, 0.1) is 0 Å². The van der Waals surface area contributed by atoms with Crippen LogP contribution in [0.25, 0.3) is 0 Å². The summed E-state index contributed by atoms with van der Waals surface area (Å²) in [6, 6.07) is 5.63. The first-order chi connectivity index (χ1) is 10.4. The molecule has 2 amide bonds. The fourth-order valence-corrected chi connectivity index (χ4v) is 3.07. The van der Waals surface area contributed by atoms with E-state index in [4.69, 9.17) is 0 Å². The molecule has 1 fully saturated rings. The summed E-state index contributed by atoms with van der Waals surface area (Å²) in [5.74, 6) is -1.76. The molecule has 0 saturated carbocycles. The van der Waals surface area contributed by atoms with Gasteiger partial charge in [-0.05, 0) is 17.7 Å². The third kappa shape index (κ3) is 3.45. The van der Waals surface area contributed by atoms with Crippen molar-refractivity contribution >= 4 is 40.4 Å². The topological polar surface area (TPSA) is 102 Å². The van der Waals surface area contributed by atoms with Crippen LogP contribution in [0.3, 0.4) is 0 Å². The fourth-order valence-electron chi connectivity index (χ4n) is 1.97. The van der Waals surface area contributed by atoms with E-state index < -0.39 is 11.2 Å². The Bertz CT molecular complexity index is 642. The Hall–Kier alpha value is -2.35. The van der Waals surface area contributed by atoms with E-state index in [2.05, 4.69) is 10.3 Å². The minimum absolute atomic E-state index is 0.0229. The molecule has 7 nitrogen and oxygen atoms in total. The average Bonchev–Trinajstić information content (AvgIpc) is 2.75. The Morgan fingerprint density at radius 2 is 2.00 bits per heavy atom. The molecule has 1 aliphatic heterocycles. The van der Waals surface area contributed by atoms with Crippen molar-refractivity contribution in [3.63, 3.8) is 0 Å². The van der Waals surface area contributed by atoms with E-state index in [1.807, 2.05) is 0 Å². The number of thioether (sulfide) groups is 1. The number of nitrogens with zero attached hydrogens (tertiary/aromatic N) is 2. The highest BCUT2D eigenvalue weighted by Crippen LogP contribution is 2.28. The molecule has 1 atom stereocenters. The number of carboxylic acid groups (broad SMARTS) is 1. The van der Waals surface area contributed by atoms with Crippen LogP contribution in [0.2, 0.25) is 0 Å². The molecule has 0 radical (unpaired) electrons. The first-order valence-corrected chi connectivity index (χ1v) is 7.32. The van der Waals surface area contributed by atoms with E-state index in [0.29, 0.717) is 10.9 Å². The molecule has 1 N–H and O–H groups in total. The van der Waals surface area contributed by atoms with Gasteiger partial charge in [-0.3, -0.25) is 19.5 Å². The summed E-state index contributed by atoms with van der Waals surface area (Å²) in [5.41, 5.74) is 0.494. The first kappa shape index (κ1) is 16.0. The van der Waals surface area contributed by atoms with Crippen molar-refractivity contribution in [3.8, 4) is 0 Å². The summed E-state index contributed by atoms with van der Waals surface area (Å²) in [5, 5.41) is 13.4. The number of benzene rings is 1. The number of anilines is 1. The number of amides is 2. The second kappa shape index (κ2) is 6.61. The van der Waals surface area contributed by atoms with E-state index in [1.54, 1.807) is 14.1 Å². The van der Waals surface area contributed by atoms with Gasteiger partial charge in [0.1, 0.15) is 5.25 Å². The van der Waals surface area contributed by atoms with Crippen molar-refractivity contribution in [2.45, 2.75) is 11.7 Å². The molecule has 22 heavy (non-hydrogen) atoms. The summed E-state index contributed by atoms with van der Waals surface area (Å²) < 4.78 is 0. The van der Waals surface area contributed by atoms with E-state index in [1.165, 1.54) is 40.9 Å². The maximum absolute atomic E-state index is 12.0. The Balaban J connectivity index is 1.96. The van der Waals surface area contributed by atoms with Crippen LogP contribution in [0.4, 0.5) is 5.69 Å². The van der Waals surface area contributed by atoms with E-state index >= 15 is 0 Å². The van der Waals surface area contributed by atoms with Crippen LogP contribution in [0.15, 0.2) is 29.3 Å². The molecule has 0 unspecified atom stereocenters. The van der Waals surface area contributed by atoms with Gasteiger partial charge < -0.3 is 15.2 Å². The van der Waals surface area contributed by atoms with E-state index in [9.17, 15) is 19.5 Å². The van der Waals surface area contributed by atoms with Gasteiger partial charge >= 0.3 is 0 Å². The summed E-state index contributed by atoms with van der Waals surface area (Å²) in [4.78, 5) is 40.0. The highest BCUT2D eigenvalue weighted by Gasteiger charge is 2.36. The maximum Gasteiger partial charge on any atom is 0.242 e. The highest BCUT2D eigenvalue weighted by atomic mass is 32.2. The van der Waals surface area contributed by atoms with Gasteiger partial charge in [0.15, 0.2) is 5.17 Å². The number of carboxylic acids is 1. The molecule has 0 spiro atoms. The molecule has 1 aliphatic rings. The molecule has 0 aromatic heterocycles. The Morgan fingerprint density at radius 1 is 1.36 bits per heavy atom. The van der Waals surface area contributed by atoms with Crippen molar-refractivity contribution in [1.29, 1.82) is 0 Å². The van der Waals surface area contributed by atoms with Gasteiger partial charge in [-0.1, -0.05) is 23.9 Å². The van der Waals surface area contributed by atoms with Crippen LogP contribution in [-0.2, 0) is 9.59 Å². The fraction of sp³-hybridized carbons (Fsp3) is 0.286. The van der Waals surface area contributed by atoms with Crippen LogP contribution in [-0.4, -0.2) is 47.2 Å². The standard InChI is InChI=1S/C14H15N3O4S/c1-15-14-17(2)12(19)10(22-14)7-11(18)16-9-5-3-8(4-6-9)13(20)21/h3-6,10H,7H2,1-2H3,(H,16,18)(H,20,21)/p-1/t10-/m1/s1. The molecule has 1 heterocycles. The molecule has 1 aromatic rings. The molecule has 0 aliphatic carbocycles. The van der Waals surface area contributed by atoms with Crippen molar-refractivity contribution in [3.05, 3.63) is 29.8 Å². The SMILES string of the molecule is CN=C1S[C@H](CC(=O)Nc2ccc(C(=O)[O-])cc2)C(=O)N1C. The minimum Gasteiger partial charge on any atom is -0.545 e. The largest absolute Gasteiger partial charge is 0.545 e. The summed E-state index contributed by atoms with van der Waals surface area (Å²) in [6.45, 7) is 0. The van der Waals surface area contributed by atoms with Gasteiger partial charge in [-0.15, -0.1) is 0 Å². The molecule has 2 rings (SSSR count). The number of aliphatic imine (C=N–C) groups is 1. The zero-order valence-corrected chi connectivity index (χ0v) is 12.8. The summed E-state index contributed by atoms with van der Waals surface area (Å²) in [7, 11) is 3.21. The zero-order chi connectivity index (χ0) is 16.3. The van der Waals surface area contributed by atoms with Crippen LogP contribution in [0.1, 0.15) is 16.8 Å². The number of hydrogen-bond acceptors (Lipinski definition) is 6. The molecular weight excluding hydrogens is 306 g/mol. The van der Waals surface area contributed by atoms with Gasteiger partial charge in [-0.25, -0.2) is 0 Å². The second-order valence-electron chi connectivity index (χ2n) is 4.63. The number of aromatic carboxylic acids is 1. The minimum atomic E-state index is -1.28. The molecule has 1 aromatic carbocycles. The van der Waals surface area contributed by atoms with E-state index in [0.717, 1.165) is 0 Å². The lowest BCUT2D eigenvalue weighted by atomic mass is 10.2. The maximum atomic E-state index is 12.0. The smallest absolute Gasteiger partial charge is 0.242 e. The lowest BCUT2D eigenvalue weighted by Gasteiger charge is -2.09. The van der Waals surface area contributed by atoms with Gasteiger partial charge in [0.2, 0.25) is 11.8 Å². The lowest BCUT2D eigenvalue weighted by Crippen LogP contribution is -2.30. The number of rotatable bonds is 4. The second-order valence-corrected chi connectivity index (χ2v) is 5.80. The average molecular weight is 320 g/mol. The van der Waals surface area contributed by atoms with Crippen LogP contribution in [0.5, 0.6) is 0 Å². The molecule has 116 valence electrons. The highest BCUT2D eigenvalue weighted by molar-refractivity contribution is 8.15. The lowest BCUT2D eigenvalue weighted by molar-refractivity contribution is -0.255. The predicted molar refractivity (Wildman–Crippen MR) is 81.5 cm³/mol. The number of carbonyl (C=O) groups excluding carboxylic acids is 3. The van der Waals surface area contributed by atoms with Gasteiger partial charge in [0.25, 0.3) is 0 Å². The Labute approximate surface area is 131 Å². The zero-order valence-electron chi connectivity index (χ0n) is 12.0. The molecule has 8 heteroatoms. The number of amidine groups is 1. The molecule has 1 saturated heterocycles. The van der Waals surface area contributed by atoms with Crippen molar-refractivity contribution in [1.82, 2.24) is 4.90 Å². The quantitative estimate of drug-likeness (QED) is 0.837. The van der Waals surface area contributed by atoms with Crippen LogP contribution >= 0.6 is 11.8 Å². The monoisotopic (exact) mass is 320 g/mol. The number of nitrogens with one attached hydrogen (secondary N) is 1. The third-order valence-electron chi connectivity index (χ3n) is 3.11. The molecule has 0 bridgehead atoms. The predicted octanol–water partition coefficient (Wildman–Crippen LogP) is -0.0617. The van der Waals surface area contributed by atoms with Gasteiger partial charge in [-0.2, -0.15) is 0 Å². The van der Waals surface area contributed by atoms with Crippen molar-refractivity contribution < 1.29 is 19.5 Å². The Morgan fingerprint density at radius 3 is 2.50 bits per heavy atom. The third-order valence-corrected chi connectivity index (χ3v) is 4.43. The Kier molecular flexibility index (Phi) is 4.81. The van der Waals surface area contributed by atoms with Crippen molar-refractivity contribution in [2.75, 3.05) is 19.4 Å². The van der Waals surface area contributed by atoms with Crippen LogP contribution < -0.4 is 10.4 Å². The van der Waals surface area contributed by atoms with Gasteiger partial charge in [0.05, 0.1) is 5.97 Å². The number of carbonyl (C=O) groups is 3. The summed E-state index contributed by atoms with van der Waals surface area (Å²) >= 11 is 1.25. The normalized spacial score (nSPS) is 19.5. The van der Waals surface area contributed by atoms with Gasteiger partial charge in [0, 0.05) is 26.2 Å². The van der Waals surface area contributed by atoms with Crippen molar-refractivity contribution in [2.24, 2.45) is 4.99 Å². The van der Waals surface area contributed by atoms with E-state index in [-0.39, 0.29) is 23.8 Å².